The summed E-state index contributed by atoms with van der Waals surface area (Å²) in [6.45, 7) is 5.56. The number of hydrogen-bond donors (Lipinski definition) is 0. The Kier molecular flexibility index (Phi) is 6.66. The highest BCUT2D eigenvalue weighted by Crippen LogP contribution is 2.35. The molecule has 3 heteroatoms. The van der Waals surface area contributed by atoms with E-state index in [2.05, 4.69) is 59.5 Å². The second-order valence-corrected chi connectivity index (χ2v) is 9.39. The zero-order valence-corrected chi connectivity index (χ0v) is 19.2. The first-order valence-corrected chi connectivity index (χ1v) is 11.6. The largest absolute Gasteiger partial charge is 1.00 e. The molecule has 2 saturated heterocycles. The summed E-state index contributed by atoms with van der Waals surface area (Å²) in [5.41, 5.74) is 4.55. The molecule has 1 unspecified atom stereocenters. The van der Waals surface area contributed by atoms with Gasteiger partial charge in [-0.3, -0.25) is 0 Å². The fourth-order valence-corrected chi connectivity index (χ4v) is 6.42. The first-order chi connectivity index (χ1) is 13.8. The smallest absolute Gasteiger partial charge is 0.0907 e. The van der Waals surface area contributed by atoms with Crippen molar-refractivity contribution in [3.05, 3.63) is 65.7 Å². The molecular weight excluding hydrogens is 420 g/mol. The number of hydrogen-bond acceptors (Lipinski definition) is 1. The monoisotopic (exact) mass is 454 g/mol. The number of quaternary nitrogens is 1. The van der Waals surface area contributed by atoms with Crippen molar-refractivity contribution in [2.24, 2.45) is 0 Å². The van der Waals surface area contributed by atoms with Gasteiger partial charge in [-0.1, -0.05) is 42.5 Å². The van der Waals surface area contributed by atoms with Crippen LogP contribution in [0.5, 0.6) is 0 Å². The van der Waals surface area contributed by atoms with E-state index in [9.17, 15) is 0 Å². The number of halogens is 1. The third-order valence-electron chi connectivity index (χ3n) is 7.88. The molecule has 0 aromatic heterocycles. The summed E-state index contributed by atoms with van der Waals surface area (Å²) in [7, 11) is 0. The van der Waals surface area contributed by atoms with Crippen LogP contribution in [0.3, 0.4) is 0 Å². The summed E-state index contributed by atoms with van der Waals surface area (Å²) in [5, 5.41) is 0. The second-order valence-electron chi connectivity index (χ2n) is 9.39. The van der Waals surface area contributed by atoms with Crippen LogP contribution in [0.25, 0.3) is 0 Å². The lowest BCUT2D eigenvalue weighted by molar-refractivity contribution is -0.945. The standard InChI is InChI=1S/C26H35N2.BrH/c1-2-12-24(13-3-1)27(25-20-22-10-4-5-11-23(22)21-25)16-15-26-14-6-7-17-28(26)18-8-9-19-28;/h1-5,10-13,25-26H,6-9,14-21H2;1H/q+1;/p-1. The first-order valence-electron chi connectivity index (χ1n) is 11.6. The minimum atomic E-state index is 0. The normalized spacial score (nSPS) is 23.0. The molecule has 29 heavy (non-hydrogen) atoms. The minimum absolute atomic E-state index is 0. The molecule has 0 radical (unpaired) electrons. The molecule has 1 aliphatic carbocycles. The van der Waals surface area contributed by atoms with Gasteiger partial charge in [0.05, 0.1) is 25.7 Å². The Morgan fingerprint density at radius 2 is 1.34 bits per heavy atom. The van der Waals surface area contributed by atoms with Crippen molar-refractivity contribution >= 4 is 5.69 Å². The van der Waals surface area contributed by atoms with Crippen LogP contribution < -0.4 is 21.9 Å². The van der Waals surface area contributed by atoms with Gasteiger partial charge in [0.15, 0.2) is 0 Å². The van der Waals surface area contributed by atoms with E-state index in [-0.39, 0.29) is 17.0 Å². The molecule has 5 rings (SSSR count). The van der Waals surface area contributed by atoms with Crippen LogP contribution in [0.4, 0.5) is 5.69 Å². The Hall–Kier alpha value is -1.32. The van der Waals surface area contributed by atoms with Gasteiger partial charge in [0.25, 0.3) is 0 Å². The molecule has 2 heterocycles. The van der Waals surface area contributed by atoms with Crippen molar-refractivity contribution < 1.29 is 21.5 Å². The zero-order valence-electron chi connectivity index (χ0n) is 17.6. The molecule has 156 valence electrons. The Bertz CT molecular complexity index is 759. The van der Waals surface area contributed by atoms with Crippen molar-refractivity contribution in [3.8, 4) is 0 Å². The highest BCUT2D eigenvalue weighted by molar-refractivity contribution is 5.49. The highest BCUT2D eigenvalue weighted by atomic mass is 79.9. The predicted octanol–water partition coefficient (Wildman–Crippen LogP) is 2.22. The van der Waals surface area contributed by atoms with Crippen LogP contribution in [0.2, 0.25) is 0 Å². The lowest BCUT2D eigenvalue weighted by Gasteiger charge is -2.46. The van der Waals surface area contributed by atoms with Crippen LogP contribution in [0, 0.1) is 0 Å². The lowest BCUT2D eigenvalue weighted by atomic mass is 9.95. The van der Waals surface area contributed by atoms with Gasteiger partial charge in [-0.25, -0.2) is 0 Å². The first kappa shape index (κ1) is 20.9. The number of fused-ring (bicyclic) bond motifs is 1. The fourth-order valence-electron chi connectivity index (χ4n) is 6.42. The third-order valence-corrected chi connectivity index (χ3v) is 7.88. The van der Waals surface area contributed by atoms with Gasteiger partial charge in [0.2, 0.25) is 0 Å². The van der Waals surface area contributed by atoms with Crippen LogP contribution in [0.15, 0.2) is 54.6 Å². The van der Waals surface area contributed by atoms with E-state index in [1.54, 1.807) is 11.1 Å². The maximum atomic E-state index is 2.75. The van der Waals surface area contributed by atoms with Gasteiger partial charge in [0.1, 0.15) is 0 Å². The average Bonchev–Trinajstić information content (AvgIpc) is 3.38. The Morgan fingerprint density at radius 1 is 0.759 bits per heavy atom. The number of piperidine rings is 1. The summed E-state index contributed by atoms with van der Waals surface area (Å²) in [6.07, 6.45) is 11.0. The molecule has 3 aliphatic rings. The molecular formula is C26H35BrN2. The van der Waals surface area contributed by atoms with Crippen LogP contribution in [-0.2, 0) is 12.8 Å². The molecule has 1 atom stereocenters. The van der Waals surface area contributed by atoms with Gasteiger partial charge in [-0.05, 0) is 55.4 Å². The molecule has 0 saturated carbocycles. The topological polar surface area (TPSA) is 3.24 Å². The van der Waals surface area contributed by atoms with E-state index in [4.69, 9.17) is 0 Å². The van der Waals surface area contributed by atoms with Gasteiger partial charge in [0, 0.05) is 37.5 Å². The molecule has 2 aromatic carbocycles. The average molecular weight is 455 g/mol. The summed E-state index contributed by atoms with van der Waals surface area (Å²) < 4.78 is 1.45. The van der Waals surface area contributed by atoms with Crippen molar-refractivity contribution in [1.29, 1.82) is 0 Å². The quantitative estimate of drug-likeness (QED) is 0.626. The molecule has 2 nitrogen and oxygen atoms in total. The van der Waals surface area contributed by atoms with Crippen molar-refractivity contribution in [1.82, 2.24) is 0 Å². The Labute approximate surface area is 187 Å². The number of para-hydroxylation sites is 1. The minimum Gasteiger partial charge on any atom is -1.00 e. The number of nitrogens with zero attached hydrogens (tertiary/aromatic N) is 2. The maximum absolute atomic E-state index is 2.75. The number of benzene rings is 2. The highest BCUT2D eigenvalue weighted by Gasteiger charge is 2.41. The van der Waals surface area contributed by atoms with Crippen molar-refractivity contribution in [3.63, 3.8) is 0 Å². The lowest BCUT2D eigenvalue weighted by Crippen LogP contribution is -3.00. The summed E-state index contributed by atoms with van der Waals surface area (Å²) in [5.74, 6) is 0. The van der Waals surface area contributed by atoms with E-state index >= 15 is 0 Å². The van der Waals surface area contributed by atoms with Crippen LogP contribution in [-0.4, -0.2) is 42.7 Å². The number of rotatable bonds is 5. The molecule has 2 fully saturated rings. The third kappa shape index (κ3) is 4.27. The molecule has 2 aliphatic heterocycles. The molecule has 0 N–H and O–H groups in total. The van der Waals surface area contributed by atoms with E-state index in [0.717, 1.165) is 6.04 Å². The van der Waals surface area contributed by atoms with Crippen LogP contribution in [0.1, 0.15) is 49.7 Å². The van der Waals surface area contributed by atoms with Crippen molar-refractivity contribution in [2.45, 2.75) is 63.5 Å². The van der Waals surface area contributed by atoms with Gasteiger partial charge >= 0.3 is 0 Å². The van der Waals surface area contributed by atoms with Gasteiger partial charge < -0.3 is 26.4 Å². The molecule has 1 spiro atoms. The fraction of sp³-hybridized carbons (Fsp3) is 0.538. The summed E-state index contributed by atoms with van der Waals surface area (Å²) in [4.78, 5) is 2.75. The van der Waals surface area contributed by atoms with E-state index < -0.39 is 0 Å². The van der Waals surface area contributed by atoms with Crippen molar-refractivity contribution in [2.75, 3.05) is 31.1 Å². The SMILES string of the molecule is [Br-].c1ccc(N(CCC2CCCC[N+]23CCCC3)C2Cc3ccccc3C2)cc1. The summed E-state index contributed by atoms with van der Waals surface area (Å²) >= 11 is 0. The number of anilines is 1. The van der Waals surface area contributed by atoms with E-state index in [0.29, 0.717) is 6.04 Å². The Balaban J connectivity index is 0.00000205. The molecule has 0 amide bonds. The van der Waals surface area contributed by atoms with Gasteiger partial charge in [-0.2, -0.15) is 0 Å². The predicted molar refractivity (Wildman–Crippen MR) is 118 cm³/mol. The van der Waals surface area contributed by atoms with Crippen LogP contribution >= 0.6 is 0 Å². The molecule has 0 bridgehead atoms. The van der Waals surface area contributed by atoms with Gasteiger partial charge in [-0.15, -0.1) is 0 Å². The summed E-state index contributed by atoms with van der Waals surface area (Å²) in [6, 6.07) is 21.8. The maximum Gasteiger partial charge on any atom is 0.0907 e. The molecule has 2 aromatic rings. The second kappa shape index (κ2) is 9.22. The van der Waals surface area contributed by atoms with E-state index in [1.807, 2.05) is 0 Å². The Morgan fingerprint density at radius 3 is 2.00 bits per heavy atom. The zero-order chi connectivity index (χ0) is 18.8. The van der Waals surface area contributed by atoms with E-state index in [1.165, 1.54) is 87.7 Å².